The van der Waals surface area contributed by atoms with Gasteiger partial charge >= 0.3 is 0 Å². The van der Waals surface area contributed by atoms with Crippen molar-refractivity contribution in [2.75, 3.05) is 13.2 Å². The second kappa shape index (κ2) is 5.93. The molecule has 5 heteroatoms. The highest BCUT2D eigenvalue weighted by Crippen LogP contribution is 2.24. The minimum absolute atomic E-state index is 0.0151. The minimum Gasteiger partial charge on any atom is -0.508 e. The molecule has 0 saturated carbocycles. The molecular weight excluding hydrogens is 298 g/mol. The molecule has 2 rings (SSSR count). The van der Waals surface area contributed by atoms with Gasteiger partial charge in [-0.2, -0.15) is 0 Å². The van der Waals surface area contributed by atoms with Crippen LogP contribution < -0.4 is 10.5 Å². The molecule has 1 heterocycles. The van der Waals surface area contributed by atoms with Gasteiger partial charge in [0.15, 0.2) is 4.67 Å². The number of nitrogens with two attached hydrogens (primary N) is 1. The zero-order chi connectivity index (χ0) is 13.0. The molecule has 0 saturated heterocycles. The third kappa shape index (κ3) is 3.27. The molecule has 0 fully saturated rings. The number of phenols is 1. The lowest BCUT2D eigenvalue weighted by Crippen LogP contribution is -2.19. The maximum atomic E-state index is 9.33. The SMILES string of the molecule is NCC(COc1cccc(O)c1)c1ccc(Br)o1. The number of aromatic hydroxyl groups is 1. The van der Waals surface area contributed by atoms with Crippen LogP contribution in [-0.4, -0.2) is 18.3 Å². The van der Waals surface area contributed by atoms with Crippen LogP contribution in [0.3, 0.4) is 0 Å². The van der Waals surface area contributed by atoms with E-state index in [1.165, 1.54) is 0 Å². The summed E-state index contributed by atoms with van der Waals surface area (Å²) in [5, 5.41) is 9.33. The number of rotatable bonds is 5. The highest BCUT2D eigenvalue weighted by molar-refractivity contribution is 9.10. The molecule has 0 amide bonds. The van der Waals surface area contributed by atoms with Gasteiger partial charge in [0.05, 0.1) is 12.5 Å². The molecule has 1 aromatic heterocycles. The number of hydrogen-bond acceptors (Lipinski definition) is 4. The fourth-order valence-corrected chi connectivity index (χ4v) is 1.90. The summed E-state index contributed by atoms with van der Waals surface area (Å²) in [4.78, 5) is 0. The van der Waals surface area contributed by atoms with Crippen molar-refractivity contribution in [1.82, 2.24) is 0 Å². The molecule has 1 aromatic carbocycles. The largest absolute Gasteiger partial charge is 0.508 e. The van der Waals surface area contributed by atoms with Gasteiger partial charge in [0.2, 0.25) is 0 Å². The van der Waals surface area contributed by atoms with Crippen molar-refractivity contribution in [1.29, 1.82) is 0 Å². The van der Waals surface area contributed by atoms with E-state index < -0.39 is 0 Å². The Kier molecular flexibility index (Phi) is 4.28. The van der Waals surface area contributed by atoms with Crippen LogP contribution in [0.1, 0.15) is 11.7 Å². The number of ether oxygens (including phenoxy) is 1. The Hall–Kier alpha value is -1.46. The van der Waals surface area contributed by atoms with Crippen molar-refractivity contribution < 1.29 is 14.3 Å². The normalized spacial score (nSPS) is 12.3. The van der Waals surface area contributed by atoms with Crippen LogP contribution in [0.4, 0.5) is 0 Å². The monoisotopic (exact) mass is 311 g/mol. The van der Waals surface area contributed by atoms with E-state index in [1.54, 1.807) is 24.3 Å². The number of furan rings is 1. The lowest BCUT2D eigenvalue weighted by Gasteiger charge is -2.13. The van der Waals surface area contributed by atoms with Crippen LogP contribution in [0.15, 0.2) is 45.5 Å². The van der Waals surface area contributed by atoms with Crippen molar-refractivity contribution in [3.63, 3.8) is 0 Å². The molecule has 0 aliphatic rings. The average Bonchev–Trinajstić information content (AvgIpc) is 2.77. The quantitative estimate of drug-likeness (QED) is 0.891. The summed E-state index contributed by atoms with van der Waals surface area (Å²) in [5.41, 5.74) is 5.70. The molecule has 3 N–H and O–H groups in total. The van der Waals surface area contributed by atoms with Crippen molar-refractivity contribution in [2.24, 2.45) is 5.73 Å². The Morgan fingerprint density at radius 2 is 2.17 bits per heavy atom. The number of benzene rings is 1. The van der Waals surface area contributed by atoms with Crippen LogP contribution in [0.2, 0.25) is 0 Å². The highest BCUT2D eigenvalue weighted by atomic mass is 79.9. The second-order valence-electron chi connectivity index (χ2n) is 3.88. The van der Waals surface area contributed by atoms with Gasteiger partial charge in [0, 0.05) is 12.6 Å². The fourth-order valence-electron chi connectivity index (χ4n) is 1.58. The summed E-state index contributed by atoms with van der Waals surface area (Å²) in [7, 11) is 0. The van der Waals surface area contributed by atoms with E-state index in [1.807, 2.05) is 12.1 Å². The molecular formula is C13H14BrNO3. The standard InChI is InChI=1S/C13H14BrNO3/c14-13-5-4-12(18-13)9(7-15)8-17-11-3-1-2-10(16)6-11/h1-6,9,16H,7-8,15H2. The van der Waals surface area contributed by atoms with E-state index in [4.69, 9.17) is 14.9 Å². The summed E-state index contributed by atoms with van der Waals surface area (Å²) < 4.78 is 11.7. The first kappa shape index (κ1) is 13.0. The van der Waals surface area contributed by atoms with Gasteiger partial charge in [0.1, 0.15) is 17.3 Å². The van der Waals surface area contributed by atoms with Crippen LogP contribution in [0.5, 0.6) is 11.5 Å². The summed E-state index contributed by atoms with van der Waals surface area (Å²) in [5.74, 6) is 1.56. The molecule has 18 heavy (non-hydrogen) atoms. The summed E-state index contributed by atoms with van der Waals surface area (Å²) in [6, 6.07) is 10.4. The van der Waals surface area contributed by atoms with Crippen molar-refractivity contribution >= 4 is 15.9 Å². The molecule has 0 aliphatic carbocycles. The zero-order valence-electron chi connectivity index (χ0n) is 9.67. The molecule has 0 radical (unpaired) electrons. The van der Waals surface area contributed by atoms with Crippen molar-refractivity contribution in [3.05, 3.63) is 46.8 Å². The minimum atomic E-state index is -0.0151. The Balaban J connectivity index is 1.99. The van der Waals surface area contributed by atoms with Gasteiger partial charge in [-0.1, -0.05) is 6.07 Å². The molecule has 2 aromatic rings. The predicted octanol–water partition coefficient (Wildman–Crippen LogP) is 2.87. The third-order valence-corrected chi connectivity index (χ3v) is 2.98. The third-order valence-electron chi connectivity index (χ3n) is 2.55. The van der Waals surface area contributed by atoms with Crippen molar-refractivity contribution in [3.8, 4) is 11.5 Å². The van der Waals surface area contributed by atoms with Crippen LogP contribution in [0.25, 0.3) is 0 Å². The molecule has 0 aliphatic heterocycles. The first-order valence-electron chi connectivity index (χ1n) is 5.56. The van der Waals surface area contributed by atoms with Gasteiger partial charge < -0.3 is 20.0 Å². The number of phenolic OH excluding ortho intramolecular Hbond substituents is 1. The van der Waals surface area contributed by atoms with E-state index in [9.17, 15) is 5.11 Å². The molecule has 4 nitrogen and oxygen atoms in total. The van der Waals surface area contributed by atoms with E-state index in [2.05, 4.69) is 15.9 Å². The fraction of sp³-hybridized carbons (Fsp3) is 0.231. The van der Waals surface area contributed by atoms with Crippen LogP contribution in [-0.2, 0) is 0 Å². The van der Waals surface area contributed by atoms with Gasteiger partial charge in [-0.05, 0) is 40.2 Å². The van der Waals surface area contributed by atoms with Crippen LogP contribution in [0, 0.1) is 0 Å². The topological polar surface area (TPSA) is 68.6 Å². The van der Waals surface area contributed by atoms with E-state index in [-0.39, 0.29) is 11.7 Å². The lowest BCUT2D eigenvalue weighted by molar-refractivity contribution is 0.270. The molecule has 0 spiro atoms. The lowest BCUT2D eigenvalue weighted by atomic mass is 10.1. The maximum absolute atomic E-state index is 9.33. The summed E-state index contributed by atoms with van der Waals surface area (Å²) >= 11 is 3.25. The molecule has 1 unspecified atom stereocenters. The van der Waals surface area contributed by atoms with E-state index >= 15 is 0 Å². The summed E-state index contributed by atoms with van der Waals surface area (Å²) in [6.45, 7) is 0.832. The van der Waals surface area contributed by atoms with Crippen molar-refractivity contribution in [2.45, 2.75) is 5.92 Å². The molecule has 0 bridgehead atoms. The Bertz CT molecular complexity index is 512. The summed E-state index contributed by atoms with van der Waals surface area (Å²) in [6.07, 6.45) is 0. The average molecular weight is 312 g/mol. The second-order valence-corrected chi connectivity index (χ2v) is 4.66. The predicted molar refractivity (Wildman–Crippen MR) is 71.8 cm³/mol. The maximum Gasteiger partial charge on any atom is 0.169 e. The first-order valence-corrected chi connectivity index (χ1v) is 6.35. The Labute approximate surface area is 113 Å². The molecule has 1 atom stereocenters. The van der Waals surface area contributed by atoms with Crippen LogP contribution >= 0.6 is 15.9 Å². The molecule has 96 valence electrons. The Morgan fingerprint density at radius 3 is 2.78 bits per heavy atom. The van der Waals surface area contributed by atoms with Gasteiger partial charge in [-0.15, -0.1) is 0 Å². The number of hydrogen-bond donors (Lipinski definition) is 2. The zero-order valence-corrected chi connectivity index (χ0v) is 11.3. The van der Waals surface area contributed by atoms with E-state index in [0.29, 0.717) is 23.6 Å². The van der Waals surface area contributed by atoms with Gasteiger partial charge in [-0.25, -0.2) is 0 Å². The smallest absolute Gasteiger partial charge is 0.169 e. The van der Waals surface area contributed by atoms with E-state index in [0.717, 1.165) is 5.76 Å². The van der Waals surface area contributed by atoms with Gasteiger partial charge in [0.25, 0.3) is 0 Å². The first-order chi connectivity index (χ1) is 8.69. The number of halogens is 1. The Morgan fingerprint density at radius 1 is 1.33 bits per heavy atom. The highest BCUT2D eigenvalue weighted by Gasteiger charge is 2.14. The van der Waals surface area contributed by atoms with Gasteiger partial charge in [-0.3, -0.25) is 0 Å².